The summed E-state index contributed by atoms with van der Waals surface area (Å²) in [6.07, 6.45) is 0. The zero-order chi connectivity index (χ0) is 13.3. The highest BCUT2D eigenvalue weighted by Gasteiger charge is 2.17. The average Bonchev–Trinajstić information content (AvgIpc) is 2.62. The number of nitrogens with one attached hydrogen (secondary N) is 2. The van der Waals surface area contributed by atoms with Crippen LogP contribution in [0.2, 0.25) is 0 Å². The summed E-state index contributed by atoms with van der Waals surface area (Å²) >= 11 is 0. The second-order valence-electron chi connectivity index (χ2n) is 4.07. The van der Waals surface area contributed by atoms with E-state index in [0.29, 0.717) is 11.3 Å². The van der Waals surface area contributed by atoms with Crippen LogP contribution in [-0.2, 0) is 10.0 Å². The molecule has 1 aromatic carbocycles. The van der Waals surface area contributed by atoms with Crippen LogP contribution in [0.15, 0.2) is 29.2 Å². The van der Waals surface area contributed by atoms with Crippen molar-refractivity contribution in [2.24, 2.45) is 0 Å². The van der Waals surface area contributed by atoms with E-state index in [1.807, 2.05) is 0 Å². The molecule has 4 N–H and O–H groups in total. The number of nitrogen functional groups attached to an aromatic ring is 1. The summed E-state index contributed by atoms with van der Waals surface area (Å²) in [5.74, 6) is 0.267. The first-order valence-electron chi connectivity index (χ1n) is 5.29. The number of aromatic amines is 1. The Labute approximate surface area is 105 Å². The predicted molar refractivity (Wildman–Crippen MR) is 69.7 cm³/mol. The van der Waals surface area contributed by atoms with Gasteiger partial charge in [-0.3, -0.25) is 9.82 Å². The van der Waals surface area contributed by atoms with Gasteiger partial charge in [0.05, 0.1) is 4.90 Å². The Hall–Kier alpha value is -2.02. The van der Waals surface area contributed by atoms with Crippen molar-refractivity contribution in [2.75, 3.05) is 10.5 Å². The highest BCUT2D eigenvalue weighted by molar-refractivity contribution is 7.92. The molecule has 96 valence electrons. The van der Waals surface area contributed by atoms with E-state index in [9.17, 15) is 8.42 Å². The van der Waals surface area contributed by atoms with Crippen LogP contribution in [0.1, 0.15) is 11.3 Å². The van der Waals surface area contributed by atoms with Crippen molar-refractivity contribution in [1.82, 2.24) is 10.2 Å². The molecule has 0 saturated heterocycles. The van der Waals surface area contributed by atoms with E-state index in [2.05, 4.69) is 14.9 Å². The third-order valence-electron chi connectivity index (χ3n) is 2.43. The number of aryl methyl sites for hydroxylation is 2. The Morgan fingerprint density at radius 1 is 1.28 bits per heavy atom. The molecule has 0 aliphatic heterocycles. The highest BCUT2D eigenvalue weighted by Crippen LogP contribution is 2.20. The van der Waals surface area contributed by atoms with E-state index >= 15 is 0 Å². The first kappa shape index (κ1) is 12.4. The lowest BCUT2D eigenvalue weighted by atomic mass is 10.2. The third kappa shape index (κ3) is 2.45. The highest BCUT2D eigenvalue weighted by atomic mass is 32.2. The van der Waals surface area contributed by atoms with Crippen molar-refractivity contribution < 1.29 is 8.42 Å². The van der Waals surface area contributed by atoms with Crippen molar-refractivity contribution in [3.63, 3.8) is 0 Å². The molecule has 2 aromatic rings. The number of hydrogen-bond donors (Lipinski definition) is 3. The molecule has 7 heteroatoms. The van der Waals surface area contributed by atoms with Crippen molar-refractivity contribution in [1.29, 1.82) is 0 Å². The maximum Gasteiger partial charge on any atom is 0.263 e. The first-order valence-corrected chi connectivity index (χ1v) is 6.78. The van der Waals surface area contributed by atoms with E-state index in [0.717, 1.165) is 5.69 Å². The molecule has 0 bridgehead atoms. The minimum absolute atomic E-state index is 0.192. The Bertz CT molecular complexity index is 676. The topological polar surface area (TPSA) is 101 Å². The van der Waals surface area contributed by atoms with Crippen LogP contribution < -0.4 is 10.5 Å². The van der Waals surface area contributed by atoms with Crippen LogP contribution in [0, 0.1) is 13.8 Å². The van der Waals surface area contributed by atoms with Crippen LogP contribution in [0.3, 0.4) is 0 Å². The molecule has 0 aliphatic carbocycles. The number of aromatic nitrogens is 2. The maximum absolute atomic E-state index is 12.1. The van der Waals surface area contributed by atoms with Crippen LogP contribution in [0.5, 0.6) is 0 Å². The Morgan fingerprint density at radius 2 is 2.00 bits per heavy atom. The van der Waals surface area contributed by atoms with Gasteiger partial charge in [0.1, 0.15) is 0 Å². The average molecular weight is 266 g/mol. The molecule has 0 unspecified atom stereocenters. The fourth-order valence-corrected chi connectivity index (χ4v) is 2.86. The van der Waals surface area contributed by atoms with Gasteiger partial charge in [-0.1, -0.05) is 0 Å². The van der Waals surface area contributed by atoms with Gasteiger partial charge >= 0.3 is 0 Å². The molecule has 0 fully saturated rings. The van der Waals surface area contributed by atoms with Crippen molar-refractivity contribution in [3.8, 4) is 0 Å². The van der Waals surface area contributed by atoms with Crippen LogP contribution in [0.25, 0.3) is 0 Å². The lowest BCUT2D eigenvalue weighted by Gasteiger charge is -2.08. The zero-order valence-electron chi connectivity index (χ0n) is 10.1. The Morgan fingerprint density at radius 3 is 2.56 bits per heavy atom. The summed E-state index contributed by atoms with van der Waals surface area (Å²) < 4.78 is 26.7. The van der Waals surface area contributed by atoms with Crippen molar-refractivity contribution >= 4 is 21.5 Å². The SMILES string of the molecule is Cc1cc(NS(=O)(=O)c2ccc(N)cc2C)n[nH]1. The van der Waals surface area contributed by atoms with Crippen molar-refractivity contribution in [3.05, 3.63) is 35.5 Å². The van der Waals surface area contributed by atoms with Gasteiger partial charge in [0.2, 0.25) is 0 Å². The normalized spacial score (nSPS) is 11.4. The quantitative estimate of drug-likeness (QED) is 0.731. The van der Waals surface area contributed by atoms with E-state index in [-0.39, 0.29) is 10.7 Å². The second kappa shape index (κ2) is 4.34. The molecule has 1 heterocycles. The second-order valence-corrected chi connectivity index (χ2v) is 5.72. The Kier molecular flexibility index (Phi) is 3.00. The molecule has 0 aliphatic rings. The van der Waals surface area contributed by atoms with Crippen LogP contribution in [0.4, 0.5) is 11.5 Å². The van der Waals surface area contributed by atoms with Crippen molar-refractivity contribution in [2.45, 2.75) is 18.7 Å². The molecule has 0 amide bonds. The minimum atomic E-state index is -3.64. The number of benzene rings is 1. The van der Waals surface area contributed by atoms with Crippen LogP contribution in [-0.4, -0.2) is 18.6 Å². The fraction of sp³-hybridized carbons (Fsp3) is 0.182. The zero-order valence-corrected chi connectivity index (χ0v) is 10.9. The number of anilines is 2. The lowest BCUT2D eigenvalue weighted by Crippen LogP contribution is -2.14. The van der Waals surface area contributed by atoms with Gasteiger partial charge in [-0.2, -0.15) is 5.10 Å². The Balaban J connectivity index is 2.36. The van der Waals surface area contributed by atoms with Gasteiger partial charge in [-0.25, -0.2) is 8.42 Å². The molecular weight excluding hydrogens is 252 g/mol. The third-order valence-corrected chi connectivity index (χ3v) is 3.95. The fourth-order valence-electron chi connectivity index (χ4n) is 1.64. The maximum atomic E-state index is 12.1. The van der Waals surface area contributed by atoms with E-state index in [4.69, 9.17) is 5.73 Å². The van der Waals surface area contributed by atoms with Crippen LogP contribution >= 0.6 is 0 Å². The predicted octanol–water partition coefficient (Wildman–Crippen LogP) is 1.41. The van der Waals surface area contributed by atoms with E-state index in [1.165, 1.54) is 6.07 Å². The molecular formula is C11H14N4O2S. The molecule has 18 heavy (non-hydrogen) atoms. The number of rotatable bonds is 3. The first-order chi connectivity index (χ1) is 8.38. The smallest absolute Gasteiger partial charge is 0.263 e. The summed E-state index contributed by atoms with van der Waals surface area (Å²) in [5.41, 5.74) is 7.50. The molecule has 6 nitrogen and oxygen atoms in total. The number of nitrogens with two attached hydrogens (primary N) is 1. The molecule has 1 aromatic heterocycles. The molecule has 0 atom stereocenters. The monoisotopic (exact) mass is 266 g/mol. The molecule has 0 saturated carbocycles. The number of hydrogen-bond acceptors (Lipinski definition) is 4. The minimum Gasteiger partial charge on any atom is -0.399 e. The number of H-pyrrole nitrogens is 1. The summed E-state index contributed by atoms with van der Waals surface area (Å²) in [7, 11) is -3.64. The van der Waals surface area contributed by atoms with Gasteiger partial charge < -0.3 is 5.73 Å². The van der Waals surface area contributed by atoms with Gasteiger partial charge in [0.15, 0.2) is 5.82 Å². The largest absolute Gasteiger partial charge is 0.399 e. The molecule has 0 radical (unpaired) electrons. The van der Waals surface area contributed by atoms with E-state index < -0.39 is 10.0 Å². The lowest BCUT2D eigenvalue weighted by molar-refractivity contribution is 0.600. The summed E-state index contributed by atoms with van der Waals surface area (Å²) in [6.45, 7) is 3.49. The number of sulfonamides is 1. The van der Waals surface area contributed by atoms with Gasteiger partial charge in [-0.15, -0.1) is 0 Å². The summed E-state index contributed by atoms with van der Waals surface area (Å²) in [6, 6.07) is 6.26. The van der Waals surface area contributed by atoms with Gasteiger partial charge in [0.25, 0.3) is 10.0 Å². The standard InChI is InChI=1S/C11H14N4O2S/c1-7-5-9(12)3-4-10(7)18(16,17)15-11-6-8(2)13-14-11/h3-6H,12H2,1-2H3,(H2,13,14,15). The van der Waals surface area contributed by atoms with Gasteiger partial charge in [-0.05, 0) is 37.6 Å². The molecule has 0 spiro atoms. The summed E-state index contributed by atoms with van der Waals surface area (Å²) in [5, 5.41) is 6.50. The van der Waals surface area contributed by atoms with E-state index in [1.54, 1.807) is 32.0 Å². The molecule has 2 rings (SSSR count). The van der Waals surface area contributed by atoms with Gasteiger partial charge in [0, 0.05) is 17.4 Å². The summed E-state index contributed by atoms with van der Waals surface area (Å²) in [4.78, 5) is 0.192. The number of nitrogens with zero attached hydrogens (tertiary/aromatic N) is 1.